The van der Waals surface area contributed by atoms with Crippen molar-refractivity contribution >= 4 is 17.4 Å². The van der Waals surface area contributed by atoms with Crippen molar-refractivity contribution in [3.63, 3.8) is 0 Å². The van der Waals surface area contributed by atoms with Crippen LogP contribution in [-0.2, 0) is 11.3 Å². The molecule has 24 heavy (non-hydrogen) atoms. The summed E-state index contributed by atoms with van der Waals surface area (Å²) in [5.41, 5.74) is 1.43. The highest BCUT2D eigenvalue weighted by Crippen LogP contribution is 2.29. The number of carbonyl (C=O) groups excluding carboxylic acids is 1. The Morgan fingerprint density at radius 2 is 2.04 bits per heavy atom. The third kappa shape index (κ3) is 4.06. The Morgan fingerprint density at radius 3 is 2.88 bits per heavy atom. The second kappa shape index (κ2) is 7.66. The summed E-state index contributed by atoms with van der Waals surface area (Å²) in [6.07, 6.45) is -0.775. The van der Waals surface area contributed by atoms with Crippen LogP contribution in [0.25, 0.3) is 0 Å². The molecule has 2 aromatic carbocycles. The van der Waals surface area contributed by atoms with E-state index in [1.165, 1.54) is 0 Å². The summed E-state index contributed by atoms with van der Waals surface area (Å²) in [5.74, 6) is 1.01. The number of ether oxygens (including phenoxy) is 3. The van der Waals surface area contributed by atoms with Crippen LogP contribution in [0, 0.1) is 0 Å². The summed E-state index contributed by atoms with van der Waals surface area (Å²) in [4.78, 5) is 11.5. The largest absolute Gasteiger partial charge is 0.491 e. The molecule has 0 saturated heterocycles. The Bertz CT molecular complexity index is 731. The quantitative estimate of drug-likeness (QED) is 0.833. The highest BCUT2D eigenvalue weighted by molar-refractivity contribution is 6.31. The fourth-order valence-electron chi connectivity index (χ4n) is 2.32. The molecule has 6 heteroatoms. The zero-order valence-electron chi connectivity index (χ0n) is 12.9. The average Bonchev–Trinajstić information content (AvgIpc) is 2.95. The van der Waals surface area contributed by atoms with Crippen molar-refractivity contribution in [2.45, 2.75) is 12.7 Å². The van der Waals surface area contributed by atoms with E-state index in [0.29, 0.717) is 28.7 Å². The number of ketones is 1. The van der Waals surface area contributed by atoms with Crippen LogP contribution < -0.4 is 9.47 Å². The van der Waals surface area contributed by atoms with E-state index in [9.17, 15) is 9.90 Å². The van der Waals surface area contributed by atoms with Crippen molar-refractivity contribution in [3.05, 3.63) is 58.6 Å². The maximum absolute atomic E-state index is 11.5. The van der Waals surface area contributed by atoms with Gasteiger partial charge in [0.25, 0.3) is 0 Å². The topological polar surface area (TPSA) is 65.0 Å². The zero-order valence-corrected chi connectivity index (χ0v) is 13.7. The van der Waals surface area contributed by atoms with Crippen molar-refractivity contribution in [2.24, 2.45) is 0 Å². The number of hydrogen-bond acceptors (Lipinski definition) is 5. The minimum atomic E-state index is -0.775. The molecule has 0 aliphatic carbocycles. The van der Waals surface area contributed by atoms with Crippen molar-refractivity contribution in [3.8, 4) is 11.5 Å². The van der Waals surface area contributed by atoms with Crippen LogP contribution in [0.4, 0.5) is 0 Å². The van der Waals surface area contributed by atoms with Crippen LogP contribution in [0.5, 0.6) is 11.5 Å². The zero-order chi connectivity index (χ0) is 16.9. The van der Waals surface area contributed by atoms with E-state index < -0.39 is 6.10 Å². The van der Waals surface area contributed by atoms with Gasteiger partial charge in [0.15, 0.2) is 6.61 Å². The maximum atomic E-state index is 11.5. The van der Waals surface area contributed by atoms with Gasteiger partial charge in [-0.25, -0.2) is 0 Å². The van der Waals surface area contributed by atoms with Crippen LogP contribution in [0.2, 0.25) is 5.02 Å². The first-order valence-corrected chi connectivity index (χ1v) is 7.93. The van der Waals surface area contributed by atoms with Gasteiger partial charge in [0.2, 0.25) is 5.78 Å². The summed E-state index contributed by atoms with van der Waals surface area (Å²) in [5, 5.41) is 10.6. The molecule has 5 nitrogen and oxygen atoms in total. The van der Waals surface area contributed by atoms with Gasteiger partial charge in [-0.05, 0) is 23.8 Å². The molecule has 0 radical (unpaired) electrons. The monoisotopic (exact) mass is 348 g/mol. The molecule has 2 aromatic rings. The number of fused-ring (bicyclic) bond motifs is 1. The van der Waals surface area contributed by atoms with Crippen molar-refractivity contribution in [2.75, 3.05) is 19.8 Å². The first kappa shape index (κ1) is 16.8. The molecular formula is C18H17ClO5. The molecule has 1 atom stereocenters. The Kier molecular flexibility index (Phi) is 5.35. The first-order valence-electron chi connectivity index (χ1n) is 7.55. The Morgan fingerprint density at radius 1 is 1.21 bits per heavy atom. The lowest BCUT2D eigenvalue weighted by molar-refractivity contribution is 0.00548. The fraction of sp³-hybridized carbons (Fsp3) is 0.278. The predicted octanol–water partition coefficient (Wildman–Crippen LogP) is 2.87. The highest BCUT2D eigenvalue weighted by Gasteiger charge is 2.21. The van der Waals surface area contributed by atoms with E-state index in [0.717, 1.165) is 5.56 Å². The summed E-state index contributed by atoms with van der Waals surface area (Å²) in [7, 11) is 0. The number of benzene rings is 2. The number of Topliss-reactive ketones (excluding diaryl/α,β-unsaturated/α-hetero) is 1. The molecule has 3 rings (SSSR count). The molecule has 1 heterocycles. The Hall–Kier alpha value is -2.08. The van der Waals surface area contributed by atoms with E-state index in [4.69, 9.17) is 25.8 Å². The van der Waals surface area contributed by atoms with Crippen molar-refractivity contribution in [1.29, 1.82) is 0 Å². The van der Waals surface area contributed by atoms with Crippen LogP contribution in [0.15, 0.2) is 42.5 Å². The van der Waals surface area contributed by atoms with Crippen LogP contribution in [0.1, 0.15) is 15.9 Å². The molecular weight excluding hydrogens is 332 g/mol. The molecule has 0 amide bonds. The number of hydrogen-bond donors (Lipinski definition) is 1. The smallest absolute Gasteiger partial charge is 0.203 e. The number of aliphatic hydroxyl groups is 1. The molecule has 0 spiro atoms. The Labute approximate surface area is 144 Å². The van der Waals surface area contributed by atoms with Crippen molar-refractivity contribution < 1.29 is 24.1 Å². The first-order chi connectivity index (χ1) is 11.6. The summed E-state index contributed by atoms with van der Waals surface area (Å²) in [6.45, 7) is 0.600. The standard InChI is InChI=1S/C18H17ClO5/c19-16-4-2-1-3-12(16)8-22-9-13(20)10-23-14-5-6-15-17(21)11-24-18(15)7-14/h1-7,13,20H,8-11H2. The average molecular weight is 349 g/mol. The molecule has 1 aliphatic rings. The highest BCUT2D eigenvalue weighted by atomic mass is 35.5. The summed E-state index contributed by atoms with van der Waals surface area (Å²) >= 11 is 6.03. The van der Waals surface area contributed by atoms with E-state index in [1.807, 2.05) is 18.2 Å². The molecule has 1 aliphatic heterocycles. The minimum Gasteiger partial charge on any atom is -0.491 e. The normalized spacial score (nSPS) is 14.2. The molecule has 0 bridgehead atoms. The SMILES string of the molecule is O=C1COc2cc(OCC(O)COCc3ccccc3Cl)ccc21. The number of halogens is 1. The van der Waals surface area contributed by atoms with Crippen LogP contribution in [-0.4, -0.2) is 36.8 Å². The van der Waals surface area contributed by atoms with Gasteiger partial charge < -0.3 is 19.3 Å². The summed E-state index contributed by atoms with van der Waals surface area (Å²) < 4.78 is 16.2. The minimum absolute atomic E-state index is 0.0374. The summed E-state index contributed by atoms with van der Waals surface area (Å²) in [6, 6.07) is 12.4. The molecule has 0 fully saturated rings. The van der Waals surface area contributed by atoms with Gasteiger partial charge in [0.05, 0.1) is 18.8 Å². The van der Waals surface area contributed by atoms with Gasteiger partial charge in [-0.3, -0.25) is 4.79 Å². The third-order valence-electron chi connectivity index (χ3n) is 3.58. The molecule has 0 aromatic heterocycles. The lowest BCUT2D eigenvalue weighted by Gasteiger charge is -2.13. The molecule has 126 valence electrons. The fourth-order valence-corrected chi connectivity index (χ4v) is 2.51. The molecule has 1 unspecified atom stereocenters. The van der Waals surface area contributed by atoms with E-state index >= 15 is 0 Å². The lowest BCUT2D eigenvalue weighted by Crippen LogP contribution is -2.23. The van der Waals surface area contributed by atoms with Crippen LogP contribution >= 0.6 is 11.6 Å². The number of carbonyl (C=O) groups is 1. The second-order valence-corrected chi connectivity index (χ2v) is 5.85. The maximum Gasteiger partial charge on any atom is 0.203 e. The molecule has 0 saturated carbocycles. The van der Waals surface area contributed by atoms with E-state index in [1.54, 1.807) is 24.3 Å². The second-order valence-electron chi connectivity index (χ2n) is 5.44. The van der Waals surface area contributed by atoms with Gasteiger partial charge in [0, 0.05) is 11.1 Å². The molecule has 1 N–H and O–H groups in total. The predicted molar refractivity (Wildman–Crippen MR) is 88.9 cm³/mol. The van der Waals surface area contributed by atoms with Crippen molar-refractivity contribution in [1.82, 2.24) is 0 Å². The van der Waals surface area contributed by atoms with Gasteiger partial charge in [-0.2, -0.15) is 0 Å². The van der Waals surface area contributed by atoms with E-state index in [-0.39, 0.29) is 25.6 Å². The van der Waals surface area contributed by atoms with Gasteiger partial charge in [0.1, 0.15) is 24.2 Å². The van der Waals surface area contributed by atoms with Gasteiger partial charge in [-0.15, -0.1) is 0 Å². The lowest BCUT2D eigenvalue weighted by atomic mass is 10.1. The number of aliphatic hydroxyl groups excluding tert-OH is 1. The van der Waals surface area contributed by atoms with Gasteiger partial charge in [-0.1, -0.05) is 29.8 Å². The Balaban J connectivity index is 1.44. The van der Waals surface area contributed by atoms with Crippen LogP contribution in [0.3, 0.4) is 0 Å². The third-order valence-corrected chi connectivity index (χ3v) is 3.95. The van der Waals surface area contributed by atoms with Gasteiger partial charge >= 0.3 is 0 Å². The number of rotatable bonds is 7. The van der Waals surface area contributed by atoms with E-state index in [2.05, 4.69) is 0 Å².